The Labute approximate surface area is 429 Å². The number of hydrogen-bond acceptors (Lipinski definition) is 2. The second kappa shape index (κ2) is 28.1. The average molecular weight is 1160 g/mol. The number of unbranched alkanes of at least 4 members (excludes halogenated alkanes) is 3. The quantitative estimate of drug-likeness (QED) is 0.0481. The van der Waals surface area contributed by atoms with Crippen LogP contribution >= 0.6 is 14.5 Å². The molecule has 1 aliphatic heterocycles. The van der Waals surface area contributed by atoms with Gasteiger partial charge in [-0.15, -0.1) is 0 Å². The van der Waals surface area contributed by atoms with Gasteiger partial charge in [0.25, 0.3) is 0 Å². The lowest BCUT2D eigenvalue weighted by Crippen LogP contribution is -3.00. The van der Waals surface area contributed by atoms with Crippen molar-refractivity contribution in [3.63, 3.8) is 0 Å². The lowest BCUT2D eigenvalue weighted by atomic mass is 9.78. The van der Waals surface area contributed by atoms with Gasteiger partial charge in [-0.3, -0.25) is 0 Å². The highest BCUT2D eigenvalue weighted by molar-refractivity contribution is 7.90. The third-order valence-corrected chi connectivity index (χ3v) is 23.4. The predicted molar refractivity (Wildman–Crippen MR) is 265 cm³/mol. The van der Waals surface area contributed by atoms with Crippen molar-refractivity contribution in [1.29, 1.82) is 0 Å². The number of quaternary nitrogens is 2. The standard InChI is InChI=1S/C53H83N3OP2.4BrH/c1-9-36-56(8,39-40-57)38-23-25-42-59(50-32-18-12-19-33-50,51-34-20-13-21-35-51)44-27-26-43-58(48-28-14-10-15-29-48,49-30-16-11-17-31-49)41-24-22-37-55(6,7)47-45-52(2,3)54-53(4,5)46-47;;;;/h10-21,28-35,47,54,57H,9,22-27,36-46H2,1-8H3;4*1H/q+4;;;;/p-4. The number of rotatable bonds is 24. The second-order valence-corrected chi connectivity index (χ2v) is 28.0. The first-order valence-electron chi connectivity index (χ1n) is 23.2. The van der Waals surface area contributed by atoms with Crippen LogP contribution in [0.4, 0.5) is 0 Å². The highest BCUT2D eigenvalue weighted by Gasteiger charge is 2.46. The smallest absolute Gasteiger partial charge is 0.102 e. The highest BCUT2D eigenvalue weighted by atomic mass is 79.9. The van der Waals surface area contributed by atoms with Crippen molar-refractivity contribution in [3.05, 3.63) is 121 Å². The summed E-state index contributed by atoms with van der Waals surface area (Å²) in [6, 6.07) is 47.4. The third-order valence-electron chi connectivity index (χ3n) is 13.9. The molecule has 1 fully saturated rings. The summed E-state index contributed by atoms with van der Waals surface area (Å²) in [5, 5.41) is 20.1. The molecular weight excluding hydrogens is 1080 g/mol. The number of aliphatic hydroxyl groups excluding tert-OH is 1. The van der Waals surface area contributed by atoms with Crippen LogP contribution in [0.25, 0.3) is 0 Å². The zero-order chi connectivity index (χ0) is 42.5. The van der Waals surface area contributed by atoms with E-state index in [0.717, 1.165) is 35.0 Å². The van der Waals surface area contributed by atoms with E-state index in [2.05, 4.69) is 182 Å². The first kappa shape index (κ1) is 60.5. The summed E-state index contributed by atoms with van der Waals surface area (Å²) >= 11 is 0. The van der Waals surface area contributed by atoms with Crippen molar-refractivity contribution >= 4 is 35.7 Å². The summed E-state index contributed by atoms with van der Waals surface area (Å²) in [5.41, 5.74) is 0.333. The molecule has 1 atom stereocenters. The van der Waals surface area contributed by atoms with Gasteiger partial charge in [0, 0.05) is 36.8 Å². The van der Waals surface area contributed by atoms with Gasteiger partial charge in [-0.1, -0.05) is 79.7 Å². The second-order valence-electron chi connectivity index (χ2n) is 20.3. The Balaban J connectivity index is 0.00000496. The number of nitrogens with zero attached hydrogens (tertiary/aromatic N) is 2. The summed E-state index contributed by atoms with van der Waals surface area (Å²) in [6.45, 7) is 16.5. The fraction of sp³-hybridized carbons (Fsp3) is 0.547. The van der Waals surface area contributed by atoms with E-state index in [1.165, 1.54) is 82.6 Å². The Morgan fingerprint density at radius 1 is 0.492 bits per heavy atom. The summed E-state index contributed by atoms with van der Waals surface area (Å²) in [4.78, 5) is 0. The molecule has 0 saturated carbocycles. The summed E-state index contributed by atoms with van der Waals surface area (Å²) < 4.78 is 2.09. The normalized spacial score (nSPS) is 16.0. The molecule has 0 amide bonds. The van der Waals surface area contributed by atoms with Crippen molar-refractivity contribution in [2.45, 2.75) is 110 Å². The van der Waals surface area contributed by atoms with Gasteiger partial charge in [0.15, 0.2) is 0 Å². The molecule has 2 N–H and O–H groups in total. The van der Waals surface area contributed by atoms with Gasteiger partial charge in [-0.25, -0.2) is 0 Å². The number of halogens is 4. The number of nitrogens with one attached hydrogen (secondary N) is 1. The molecule has 4 nitrogen and oxygen atoms in total. The highest BCUT2D eigenvalue weighted by Crippen LogP contribution is 2.60. The van der Waals surface area contributed by atoms with Gasteiger partial charge in [-0.05, 0) is 108 Å². The van der Waals surface area contributed by atoms with Crippen LogP contribution in [0.2, 0.25) is 0 Å². The molecule has 0 bridgehead atoms. The number of hydrogen-bond donors (Lipinski definition) is 2. The topological polar surface area (TPSA) is 32.3 Å². The largest absolute Gasteiger partial charge is 1.00 e. The van der Waals surface area contributed by atoms with Crippen LogP contribution in [0.5, 0.6) is 0 Å². The minimum absolute atomic E-state index is 0. The lowest BCUT2D eigenvalue weighted by molar-refractivity contribution is -0.917. The predicted octanol–water partition coefficient (Wildman–Crippen LogP) is -2.09. The maximum Gasteiger partial charge on any atom is 0.102 e. The van der Waals surface area contributed by atoms with E-state index in [4.69, 9.17) is 0 Å². The average Bonchev–Trinajstić information content (AvgIpc) is 3.21. The van der Waals surface area contributed by atoms with E-state index in [1.54, 1.807) is 21.2 Å². The number of piperidine rings is 1. The Kier molecular flexibility index (Phi) is 27.0. The molecule has 4 aromatic carbocycles. The minimum Gasteiger partial charge on any atom is -1.00 e. The molecule has 5 rings (SSSR count). The zero-order valence-electron chi connectivity index (χ0n) is 40.1. The van der Waals surface area contributed by atoms with E-state index < -0.39 is 14.5 Å². The number of likely N-dealkylation sites (N-methyl/N-ethyl adjacent to an activating group) is 1. The molecule has 0 radical (unpaired) electrons. The fourth-order valence-electron chi connectivity index (χ4n) is 11.0. The molecule has 0 aromatic heterocycles. The third kappa shape index (κ3) is 17.2. The van der Waals surface area contributed by atoms with Gasteiger partial charge >= 0.3 is 0 Å². The molecule has 1 aliphatic rings. The summed E-state index contributed by atoms with van der Waals surface area (Å²) in [5.74, 6) is 0. The van der Waals surface area contributed by atoms with E-state index in [9.17, 15) is 5.11 Å². The van der Waals surface area contributed by atoms with Gasteiger partial charge in [0.2, 0.25) is 0 Å². The molecule has 354 valence electrons. The van der Waals surface area contributed by atoms with E-state index in [0.29, 0.717) is 6.04 Å². The zero-order valence-corrected chi connectivity index (χ0v) is 48.2. The lowest BCUT2D eigenvalue weighted by Gasteiger charge is -2.51. The van der Waals surface area contributed by atoms with E-state index in [1.807, 2.05) is 0 Å². The Morgan fingerprint density at radius 3 is 1.13 bits per heavy atom. The molecular formula is C53H83Br4N3OP2. The van der Waals surface area contributed by atoms with Crippen molar-refractivity contribution in [2.24, 2.45) is 0 Å². The molecule has 1 saturated heterocycles. The van der Waals surface area contributed by atoms with Crippen LogP contribution in [0, 0.1) is 0 Å². The fourth-order valence-corrected chi connectivity index (χ4v) is 20.1. The number of aliphatic hydroxyl groups is 1. The van der Waals surface area contributed by atoms with Crippen LogP contribution in [-0.2, 0) is 0 Å². The van der Waals surface area contributed by atoms with Crippen molar-refractivity contribution in [2.75, 3.05) is 78.6 Å². The maximum absolute atomic E-state index is 9.90. The molecule has 1 heterocycles. The molecule has 10 heteroatoms. The summed E-state index contributed by atoms with van der Waals surface area (Å²) in [7, 11) is 4.02. The number of benzene rings is 4. The first-order chi connectivity index (χ1) is 28.2. The van der Waals surface area contributed by atoms with Crippen molar-refractivity contribution in [1.82, 2.24) is 5.32 Å². The van der Waals surface area contributed by atoms with E-state index in [-0.39, 0.29) is 85.6 Å². The maximum atomic E-state index is 9.90. The molecule has 0 aliphatic carbocycles. The van der Waals surface area contributed by atoms with Gasteiger partial charge < -0.3 is 87.3 Å². The van der Waals surface area contributed by atoms with E-state index >= 15 is 0 Å². The molecule has 0 spiro atoms. The van der Waals surface area contributed by atoms with Crippen LogP contribution in [0.15, 0.2) is 121 Å². The van der Waals surface area contributed by atoms with Gasteiger partial charge in [0.05, 0.1) is 114 Å². The van der Waals surface area contributed by atoms with Crippen LogP contribution < -0.4 is 94.5 Å². The van der Waals surface area contributed by atoms with Crippen molar-refractivity contribution in [3.8, 4) is 0 Å². The van der Waals surface area contributed by atoms with Crippen LogP contribution in [-0.4, -0.2) is 110 Å². The molecule has 63 heavy (non-hydrogen) atoms. The van der Waals surface area contributed by atoms with Crippen LogP contribution in [0.1, 0.15) is 92.4 Å². The van der Waals surface area contributed by atoms with Gasteiger partial charge in [0.1, 0.15) is 6.54 Å². The van der Waals surface area contributed by atoms with Gasteiger partial charge in [-0.2, -0.15) is 0 Å². The monoisotopic (exact) mass is 1160 g/mol. The molecule has 1 unspecified atom stereocenters. The Bertz CT molecular complexity index is 1700. The molecule has 4 aromatic rings. The Hall–Kier alpha value is -0.500. The SMILES string of the molecule is CCC[N+](C)(CCO)CCCC[P+](CCCC[P+](CCCC[N+](C)(C)C1CC(C)(C)NC(C)(C)C1)(c1ccccc1)c1ccccc1)(c1ccccc1)c1ccccc1.[Br-].[Br-].[Br-].[Br-]. The summed E-state index contributed by atoms with van der Waals surface area (Å²) in [6.07, 6.45) is 16.2. The van der Waals surface area contributed by atoms with Crippen LogP contribution in [0.3, 0.4) is 0 Å². The Morgan fingerprint density at radius 2 is 0.810 bits per heavy atom. The minimum atomic E-state index is -1.67. The van der Waals surface area contributed by atoms with Crippen molar-refractivity contribution < 1.29 is 82.0 Å². The first-order valence-corrected chi connectivity index (χ1v) is 27.5.